The fourth-order valence-electron chi connectivity index (χ4n) is 3.45. The third-order valence-electron chi connectivity index (χ3n) is 5.10. The Labute approximate surface area is 171 Å². The van der Waals surface area contributed by atoms with Gasteiger partial charge in [-0.2, -0.15) is 18.3 Å². The molecule has 6 nitrogen and oxygen atoms in total. The number of pyridine rings is 1. The van der Waals surface area contributed by atoms with Crippen molar-refractivity contribution in [1.29, 1.82) is 0 Å². The number of nitrogens with one attached hydrogen (secondary N) is 1. The second kappa shape index (κ2) is 8.17. The SMILES string of the molecule is O=C(c1cnn(Cc2ccccc2)c1)N1CCN(c2ccc(C(F)(F)F)c[nH+]2)CC1. The molecule has 1 aromatic carbocycles. The van der Waals surface area contributed by atoms with Crippen LogP contribution < -0.4 is 9.88 Å². The van der Waals surface area contributed by atoms with Gasteiger partial charge in [-0.05, 0) is 11.6 Å². The molecule has 9 heteroatoms. The van der Waals surface area contributed by atoms with E-state index >= 15 is 0 Å². The average molecular weight is 416 g/mol. The molecule has 4 rings (SSSR count). The van der Waals surface area contributed by atoms with Gasteiger partial charge in [0.2, 0.25) is 0 Å². The molecule has 0 saturated carbocycles. The van der Waals surface area contributed by atoms with Crippen molar-refractivity contribution in [2.75, 3.05) is 31.1 Å². The van der Waals surface area contributed by atoms with Crippen LogP contribution in [-0.4, -0.2) is 46.8 Å². The van der Waals surface area contributed by atoms with E-state index in [4.69, 9.17) is 0 Å². The summed E-state index contributed by atoms with van der Waals surface area (Å²) in [5.41, 5.74) is 0.911. The molecule has 1 saturated heterocycles. The lowest BCUT2D eigenvalue weighted by Gasteiger charge is -2.30. The number of H-pyrrole nitrogens is 1. The highest BCUT2D eigenvalue weighted by Gasteiger charge is 2.33. The molecule has 1 aliphatic rings. The Hall–Kier alpha value is -3.36. The van der Waals surface area contributed by atoms with Crippen molar-refractivity contribution >= 4 is 11.7 Å². The van der Waals surface area contributed by atoms with Gasteiger partial charge >= 0.3 is 6.18 Å². The highest BCUT2D eigenvalue weighted by Crippen LogP contribution is 2.28. The van der Waals surface area contributed by atoms with Gasteiger partial charge in [-0.15, -0.1) is 0 Å². The summed E-state index contributed by atoms with van der Waals surface area (Å²) in [7, 11) is 0. The van der Waals surface area contributed by atoms with Crippen LogP contribution >= 0.6 is 0 Å². The van der Waals surface area contributed by atoms with Crippen molar-refractivity contribution in [3.05, 3.63) is 77.7 Å². The number of carbonyl (C=O) groups is 1. The van der Waals surface area contributed by atoms with Crippen molar-refractivity contribution < 1.29 is 22.9 Å². The summed E-state index contributed by atoms with van der Waals surface area (Å²) in [6.45, 7) is 2.62. The van der Waals surface area contributed by atoms with Crippen molar-refractivity contribution in [2.45, 2.75) is 12.7 Å². The molecule has 1 amide bonds. The topological polar surface area (TPSA) is 55.5 Å². The zero-order chi connectivity index (χ0) is 21.1. The number of aromatic nitrogens is 3. The van der Waals surface area contributed by atoms with E-state index in [0.717, 1.165) is 17.8 Å². The lowest BCUT2D eigenvalue weighted by atomic mass is 10.2. The molecule has 30 heavy (non-hydrogen) atoms. The molecule has 1 N–H and O–H groups in total. The Morgan fingerprint density at radius 1 is 1.03 bits per heavy atom. The molecule has 0 atom stereocenters. The van der Waals surface area contributed by atoms with E-state index < -0.39 is 11.7 Å². The zero-order valence-electron chi connectivity index (χ0n) is 16.1. The standard InChI is InChI=1S/C21H20F3N5O/c22-21(23,24)18-6-7-19(25-13-18)27-8-10-28(11-9-27)20(30)17-12-26-29(15-17)14-16-4-2-1-3-5-16/h1-7,12-13,15H,8-11,14H2/p+1. The van der Waals surface area contributed by atoms with Crippen LogP contribution in [0, 0.1) is 0 Å². The number of piperazine rings is 1. The largest absolute Gasteiger partial charge is 0.419 e. The van der Waals surface area contributed by atoms with Gasteiger partial charge in [0.15, 0.2) is 0 Å². The molecular weight excluding hydrogens is 395 g/mol. The van der Waals surface area contributed by atoms with Gasteiger partial charge in [0.05, 0.1) is 37.0 Å². The van der Waals surface area contributed by atoms with Gasteiger partial charge in [-0.3, -0.25) is 14.4 Å². The minimum Gasteiger partial charge on any atom is -0.331 e. The minimum atomic E-state index is -4.37. The van der Waals surface area contributed by atoms with Crippen molar-refractivity contribution in [1.82, 2.24) is 14.7 Å². The normalized spacial score (nSPS) is 14.8. The number of amides is 1. The van der Waals surface area contributed by atoms with Gasteiger partial charge in [0.25, 0.3) is 11.7 Å². The van der Waals surface area contributed by atoms with Crippen LogP contribution in [0.2, 0.25) is 0 Å². The number of rotatable bonds is 4. The van der Waals surface area contributed by atoms with Crippen molar-refractivity contribution in [2.24, 2.45) is 0 Å². The summed E-state index contributed by atoms with van der Waals surface area (Å²) >= 11 is 0. The van der Waals surface area contributed by atoms with Gasteiger partial charge in [-0.25, -0.2) is 4.98 Å². The highest BCUT2D eigenvalue weighted by atomic mass is 19.4. The van der Waals surface area contributed by atoms with Crippen LogP contribution in [0.4, 0.5) is 19.0 Å². The second-order valence-corrected chi connectivity index (χ2v) is 7.15. The first-order valence-electron chi connectivity index (χ1n) is 9.60. The maximum Gasteiger partial charge on any atom is 0.419 e. The molecule has 2 aromatic heterocycles. The van der Waals surface area contributed by atoms with E-state index in [1.165, 1.54) is 6.07 Å². The third kappa shape index (κ3) is 4.45. The molecule has 0 bridgehead atoms. The lowest BCUT2D eigenvalue weighted by molar-refractivity contribution is -0.367. The Kier molecular flexibility index (Phi) is 5.43. The number of benzene rings is 1. The molecule has 0 radical (unpaired) electrons. The Morgan fingerprint density at radius 3 is 2.40 bits per heavy atom. The van der Waals surface area contributed by atoms with Crippen LogP contribution in [0.3, 0.4) is 0 Å². The van der Waals surface area contributed by atoms with E-state index in [2.05, 4.69) is 10.1 Å². The Morgan fingerprint density at radius 2 is 1.77 bits per heavy atom. The van der Waals surface area contributed by atoms with Crippen LogP contribution in [-0.2, 0) is 12.7 Å². The summed E-state index contributed by atoms with van der Waals surface area (Å²) in [5, 5.41) is 4.28. The van der Waals surface area contributed by atoms with Crippen LogP contribution in [0.1, 0.15) is 21.5 Å². The number of nitrogens with zero attached hydrogens (tertiary/aromatic N) is 4. The second-order valence-electron chi connectivity index (χ2n) is 7.15. The van der Waals surface area contributed by atoms with Crippen molar-refractivity contribution in [3.63, 3.8) is 0 Å². The number of halogens is 3. The maximum absolute atomic E-state index is 12.8. The predicted octanol–water partition coefficient (Wildman–Crippen LogP) is 2.73. The summed E-state index contributed by atoms with van der Waals surface area (Å²) in [6.07, 6.45) is -0.0915. The minimum absolute atomic E-state index is 0.0923. The number of aromatic amines is 1. The number of alkyl halides is 3. The number of carbonyl (C=O) groups excluding carboxylic acids is 1. The van der Waals surface area contributed by atoms with E-state index in [0.29, 0.717) is 44.1 Å². The number of anilines is 1. The Bertz CT molecular complexity index is 993. The average Bonchev–Trinajstić information content (AvgIpc) is 3.22. The van der Waals surface area contributed by atoms with E-state index in [9.17, 15) is 18.0 Å². The van der Waals surface area contributed by atoms with Gasteiger partial charge < -0.3 is 4.90 Å². The molecule has 156 valence electrons. The monoisotopic (exact) mass is 416 g/mol. The van der Waals surface area contributed by atoms with Crippen LogP contribution in [0.25, 0.3) is 0 Å². The first-order valence-corrected chi connectivity index (χ1v) is 9.60. The highest BCUT2D eigenvalue weighted by molar-refractivity contribution is 5.93. The fourth-order valence-corrected chi connectivity index (χ4v) is 3.45. The molecule has 3 aromatic rings. The molecule has 1 fully saturated rings. The smallest absolute Gasteiger partial charge is 0.331 e. The third-order valence-corrected chi connectivity index (χ3v) is 5.10. The van der Waals surface area contributed by atoms with Gasteiger partial charge in [-0.1, -0.05) is 30.3 Å². The molecule has 0 aliphatic carbocycles. The molecule has 0 spiro atoms. The van der Waals surface area contributed by atoms with E-state index in [1.54, 1.807) is 22.0 Å². The summed E-state index contributed by atoms with van der Waals surface area (Å²) in [4.78, 5) is 19.2. The van der Waals surface area contributed by atoms with Crippen LogP contribution in [0.15, 0.2) is 61.1 Å². The molecule has 1 aliphatic heterocycles. The summed E-state index contributed by atoms with van der Waals surface area (Å²) in [6, 6.07) is 12.3. The van der Waals surface area contributed by atoms with Crippen LogP contribution in [0.5, 0.6) is 0 Å². The first kappa shape index (κ1) is 19.9. The van der Waals surface area contributed by atoms with E-state index in [1.807, 2.05) is 35.2 Å². The first-order chi connectivity index (χ1) is 14.4. The molecular formula is C21H21F3N5O+. The zero-order valence-corrected chi connectivity index (χ0v) is 16.1. The molecule has 3 heterocycles. The number of hydrogen-bond acceptors (Lipinski definition) is 3. The predicted molar refractivity (Wildman–Crippen MR) is 104 cm³/mol. The summed E-state index contributed by atoms with van der Waals surface area (Å²) in [5.74, 6) is 0.510. The Balaban J connectivity index is 1.34. The van der Waals surface area contributed by atoms with Gasteiger partial charge in [0.1, 0.15) is 19.3 Å². The summed E-state index contributed by atoms with van der Waals surface area (Å²) < 4.78 is 39.8. The number of hydrogen-bond donors (Lipinski definition) is 0. The quantitative estimate of drug-likeness (QED) is 0.657. The lowest BCUT2D eigenvalue weighted by Crippen LogP contribution is -2.50. The van der Waals surface area contributed by atoms with E-state index in [-0.39, 0.29) is 5.91 Å². The molecule has 0 unspecified atom stereocenters. The fraction of sp³-hybridized carbons (Fsp3) is 0.286. The van der Waals surface area contributed by atoms with Gasteiger partial charge in [0, 0.05) is 12.3 Å². The maximum atomic E-state index is 12.8. The van der Waals surface area contributed by atoms with Crippen molar-refractivity contribution in [3.8, 4) is 0 Å².